The van der Waals surface area contributed by atoms with Gasteiger partial charge in [-0.05, 0) is 25.1 Å². The van der Waals surface area contributed by atoms with Gasteiger partial charge < -0.3 is 11.1 Å². The van der Waals surface area contributed by atoms with Crippen molar-refractivity contribution in [1.29, 1.82) is 0 Å². The lowest BCUT2D eigenvalue weighted by molar-refractivity contribution is 0.631. The Morgan fingerprint density at radius 3 is 2.68 bits per heavy atom. The van der Waals surface area contributed by atoms with Crippen molar-refractivity contribution >= 4 is 21.9 Å². The van der Waals surface area contributed by atoms with Crippen molar-refractivity contribution < 1.29 is 4.39 Å². The van der Waals surface area contributed by atoms with E-state index in [1.807, 2.05) is 6.92 Å². The molecule has 0 aliphatic rings. The molecule has 0 spiro atoms. The maximum absolute atomic E-state index is 13.7. The molecule has 4 nitrogen and oxygen atoms in total. The van der Waals surface area contributed by atoms with E-state index in [4.69, 9.17) is 5.73 Å². The molecule has 2 aromatic rings. The van der Waals surface area contributed by atoms with E-state index >= 15 is 0 Å². The van der Waals surface area contributed by atoms with E-state index in [1.54, 1.807) is 24.5 Å². The molecule has 1 heterocycles. The summed E-state index contributed by atoms with van der Waals surface area (Å²) in [5.74, 6) is 0.180. The highest BCUT2D eigenvalue weighted by Crippen LogP contribution is 2.25. The molecule has 0 saturated heterocycles. The van der Waals surface area contributed by atoms with Crippen LogP contribution in [-0.4, -0.2) is 22.6 Å². The molecule has 2 rings (SSSR count). The zero-order valence-electron chi connectivity index (χ0n) is 10.4. The van der Waals surface area contributed by atoms with E-state index < -0.39 is 0 Å². The van der Waals surface area contributed by atoms with Crippen LogP contribution in [-0.2, 0) is 0 Å². The fourth-order valence-corrected chi connectivity index (χ4v) is 1.89. The Morgan fingerprint density at radius 1 is 1.37 bits per heavy atom. The van der Waals surface area contributed by atoms with Gasteiger partial charge in [-0.25, -0.2) is 14.4 Å². The summed E-state index contributed by atoms with van der Waals surface area (Å²) in [5, 5.41) is 3.00. The third-order valence-electron chi connectivity index (χ3n) is 2.47. The standard InChI is InChI=1S/C13H14BrFN4/c1-8(16)5-17-13-18-6-9(7-19-13)11-4-10(14)2-3-12(11)15/h2-4,6-8H,5,16H2,1H3,(H,17,18,19). The van der Waals surface area contributed by atoms with Crippen LogP contribution < -0.4 is 11.1 Å². The molecule has 1 atom stereocenters. The highest BCUT2D eigenvalue weighted by Gasteiger charge is 2.07. The van der Waals surface area contributed by atoms with Crippen LogP contribution in [0.4, 0.5) is 10.3 Å². The van der Waals surface area contributed by atoms with Gasteiger partial charge in [-0.15, -0.1) is 0 Å². The molecule has 0 aliphatic carbocycles. The van der Waals surface area contributed by atoms with Gasteiger partial charge in [0.05, 0.1) is 0 Å². The second-order valence-electron chi connectivity index (χ2n) is 4.28. The first-order valence-electron chi connectivity index (χ1n) is 5.83. The summed E-state index contributed by atoms with van der Waals surface area (Å²) in [4.78, 5) is 8.28. The summed E-state index contributed by atoms with van der Waals surface area (Å²) in [6.45, 7) is 2.48. The highest BCUT2D eigenvalue weighted by atomic mass is 79.9. The van der Waals surface area contributed by atoms with Gasteiger partial charge in [0.1, 0.15) is 5.82 Å². The molecule has 1 aromatic heterocycles. The van der Waals surface area contributed by atoms with Gasteiger partial charge in [-0.3, -0.25) is 0 Å². The third-order valence-corrected chi connectivity index (χ3v) is 2.97. The SMILES string of the molecule is CC(N)CNc1ncc(-c2cc(Br)ccc2F)cn1. The van der Waals surface area contributed by atoms with E-state index in [2.05, 4.69) is 31.2 Å². The number of hydrogen-bond donors (Lipinski definition) is 2. The normalized spacial score (nSPS) is 12.2. The van der Waals surface area contributed by atoms with Crippen molar-refractivity contribution in [3.8, 4) is 11.1 Å². The van der Waals surface area contributed by atoms with Crippen LogP contribution in [0.15, 0.2) is 35.1 Å². The largest absolute Gasteiger partial charge is 0.353 e. The second-order valence-corrected chi connectivity index (χ2v) is 5.19. The van der Waals surface area contributed by atoms with E-state index in [0.717, 1.165) is 4.47 Å². The van der Waals surface area contributed by atoms with Crippen molar-refractivity contribution in [2.75, 3.05) is 11.9 Å². The first kappa shape index (κ1) is 13.9. The highest BCUT2D eigenvalue weighted by molar-refractivity contribution is 9.10. The zero-order valence-corrected chi connectivity index (χ0v) is 12.0. The number of nitrogens with zero attached hydrogens (tertiary/aromatic N) is 2. The summed E-state index contributed by atoms with van der Waals surface area (Å²) in [7, 11) is 0. The van der Waals surface area contributed by atoms with Crippen molar-refractivity contribution in [2.24, 2.45) is 5.73 Å². The molecule has 0 saturated carbocycles. The van der Waals surface area contributed by atoms with Gasteiger partial charge in [0.2, 0.25) is 5.95 Å². The van der Waals surface area contributed by atoms with Crippen LogP contribution in [0.5, 0.6) is 0 Å². The molecular formula is C13H14BrFN4. The van der Waals surface area contributed by atoms with E-state index in [1.165, 1.54) is 6.07 Å². The first-order chi connectivity index (χ1) is 9.06. The Labute approximate surface area is 119 Å². The van der Waals surface area contributed by atoms with Crippen molar-refractivity contribution in [1.82, 2.24) is 9.97 Å². The number of aromatic nitrogens is 2. The predicted octanol–water partition coefficient (Wildman–Crippen LogP) is 2.80. The van der Waals surface area contributed by atoms with Gasteiger partial charge in [0.15, 0.2) is 0 Å². The molecule has 0 aliphatic heterocycles. The van der Waals surface area contributed by atoms with Crippen molar-refractivity contribution in [3.05, 3.63) is 40.9 Å². The van der Waals surface area contributed by atoms with Crippen LogP contribution in [0.2, 0.25) is 0 Å². The molecule has 6 heteroatoms. The Kier molecular flexibility index (Phi) is 4.44. The topological polar surface area (TPSA) is 63.8 Å². The van der Waals surface area contributed by atoms with E-state index in [0.29, 0.717) is 23.6 Å². The quantitative estimate of drug-likeness (QED) is 0.907. The van der Waals surface area contributed by atoms with Crippen LogP contribution in [0.3, 0.4) is 0 Å². The molecule has 1 aromatic carbocycles. The number of nitrogens with two attached hydrogens (primary N) is 1. The predicted molar refractivity (Wildman–Crippen MR) is 77.3 cm³/mol. The van der Waals surface area contributed by atoms with Crippen LogP contribution in [0.25, 0.3) is 11.1 Å². The van der Waals surface area contributed by atoms with Crippen LogP contribution in [0.1, 0.15) is 6.92 Å². The number of anilines is 1. The molecule has 100 valence electrons. The summed E-state index contributed by atoms with van der Waals surface area (Å²) < 4.78 is 14.5. The summed E-state index contributed by atoms with van der Waals surface area (Å²) in [5.41, 5.74) is 6.72. The number of rotatable bonds is 4. The smallest absolute Gasteiger partial charge is 0.222 e. The molecule has 3 N–H and O–H groups in total. The monoisotopic (exact) mass is 324 g/mol. The van der Waals surface area contributed by atoms with Gasteiger partial charge in [-0.2, -0.15) is 0 Å². The Bertz CT molecular complexity index is 557. The fraction of sp³-hybridized carbons (Fsp3) is 0.231. The molecule has 1 unspecified atom stereocenters. The van der Waals surface area contributed by atoms with Crippen molar-refractivity contribution in [2.45, 2.75) is 13.0 Å². The lowest BCUT2D eigenvalue weighted by Gasteiger charge is -2.08. The minimum Gasteiger partial charge on any atom is -0.353 e. The van der Waals surface area contributed by atoms with Crippen molar-refractivity contribution in [3.63, 3.8) is 0 Å². The number of nitrogens with one attached hydrogen (secondary N) is 1. The average molecular weight is 325 g/mol. The summed E-state index contributed by atoms with van der Waals surface area (Å²) in [6, 6.07) is 4.77. The Hall–Kier alpha value is -1.53. The van der Waals surface area contributed by atoms with Gasteiger partial charge in [-0.1, -0.05) is 15.9 Å². The fourth-order valence-electron chi connectivity index (χ4n) is 1.53. The number of benzene rings is 1. The van der Waals surface area contributed by atoms with Gasteiger partial charge >= 0.3 is 0 Å². The molecule has 0 fully saturated rings. The van der Waals surface area contributed by atoms with Crippen LogP contribution in [0, 0.1) is 5.82 Å². The minimum atomic E-state index is -0.303. The maximum atomic E-state index is 13.7. The molecule has 0 bridgehead atoms. The average Bonchev–Trinajstić information content (AvgIpc) is 2.40. The first-order valence-corrected chi connectivity index (χ1v) is 6.62. The van der Waals surface area contributed by atoms with Gasteiger partial charge in [0, 0.05) is 40.6 Å². The number of halogens is 2. The Balaban J connectivity index is 2.20. The Morgan fingerprint density at radius 2 is 2.05 bits per heavy atom. The molecule has 0 amide bonds. The minimum absolute atomic E-state index is 0.0193. The molecule has 19 heavy (non-hydrogen) atoms. The van der Waals surface area contributed by atoms with Crippen LogP contribution >= 0.6 is 15.9 Å². The zero-order chi connectivity index (χ0) is 13.8. The summed E-state index contributed by atoms with van der Waals surface area (Å²) in [6.07, 6.45) is 3.17. The van der Waals surface area contributed by atoms with Gasteiger partial charge in [0.25, 0.3) is 0 Å². The van der Waals surface area contributed by atoms with E-state index in [-0.39, 0.29) is 11.9 Å². The molecule has 0 radical (unpaired) electrons. The lowest BCUT2D eigenvalue weighted by atomic mass is 10.1. The second kappa shape index (κ2) is 6.08. The maximum Gasteiger partial charge on any atom is 0.222 e. The summed E-state index contributed by atoms with van der Waals surface area (Å²) >= 11 is 3.32. The number of hydrogen-bond acceptors (Lipinski definition) is 4. The third kappa shape index (κ3) is 3.71. The molecular weight excluding hydrogens is 311 g/mol. The van der Waals surface area contributed by atoms with E-state index in [9.17, 15) is 4.39 Å². The lowest BCUT2D eigenvalue weighted by Crippen LogP contribution is -2.25.